The molecular weight excluding hydrogens is 264 g/mol. The predicted molar refractivity (Wildman–Crippen MR) is 84.9 cm³/mol. The maximum Gasteiger partial charge on any atom is 0.0698 e. The third-order valence-electron chi connectivity index (χ3n) is 4.67. The molecule has 0 aromatic heterocycles. The first-order valence-electron chi connectivity index (χ1n) is 8.14. The number of para-hydroxylation sites is 1. The van der Waals surface area contributed by atoms with Gasteiger partial charge >= 0.3 is 0 Å². The maximum absolute atomic E-state index is 8.75. The van der Waals surface area contributed by atoms with E-state index in [-0.39, 0.29) is 6.61 Å². The minimum atomic E-state index is 0.119. The van der Waals surface area contributed by atoms with Crippen molar-refractivity contribution in [1.82, 2.24) is 4.90 Å². The second-order valence-electron chi connectivity index (χ2n) is 5.99. The van der Waals surface area contributed by atoms with E-state index in [2.05, 4.69) is 34.1 Å². The summed E-state index contributed by atoms with van der Waals surface area (Å²) in [7, 11) is 0. The third-order valence-corrected chi connectivity index (χ3v) is 4.67. The molecule has 1 aromatic rings. The minimum absolute atomic E-state index is 0.119. The molecule has 1 fully saturated rings. The zero-order valence-electron chi connectivity index (χ0n) is 12.7. The molecule has 1 aromatic carbocycles. The summed E-state index contributed by atoms with van der Waals surface area (Å²) in [5.74, 6) is 0. The Balaban J connectivity index is 1.52. The molecule has 4 heteroatoms. The van der Waals surface area contributed by atoms with Gasteiger partial charge in [-0.25, -0.2) is 0 Å². The molecule has 116 valence electrons. The standard InChI is InChI=1S/C17H26N2O2/c20-11-13-21-12-10-18-8-3-5-16(18)14-19-9-7-15-4-1-2-6-17(15)19/h1-2,4,6,16,20H,3,5,7-14H2/t16-/m1/s1. The van der Waals surface area contributed by atoms with Crippen LogP contribution in [0, 0.1) is 0 Å². The van der Waals surface area contributed by atoms with Gasteiger partial charge in [0.1, 0.15) is 0 Å². The fourth-order valence-corrected chi connectivity index (χ4v) is 3.60. The second-order valence-corrected chi connectivity index (χ2v) is 5.99. The Labute approximate surface area is 127 Å². The lowest BCUT2D eigenvalue weighted by Crippen LogP contribution is -2.41. The van der Waals surface area contributed by atoms with Crippen molar-refractivity contribution in [2.75, 3.05) is 50.9 Å². The topological polar surface area (TPSA) is 35.9 Å². The molecule has 0 saturated carbocycles. The van der Waals surface area contributed by atoms with Crippen molar-refractivity contribution >= 4 is 5.69 Å². The monoisotopic (exact) mass is 290 g/mol. The van der Waals surface area contributed by atoms with Crippen LogP contribution in [0.5, 0.6) is 0 Å². The lowest BCUT2D eigenvalue weighted by atomic mass is 10.1. The number of benzene rings is 1. The van der Waals surface area contributed by atoms with Gasteiger partial charge in [-0.15, -0.1) is 0 Å². The van der Waals surface area contributed by atoms with E-state index in [1.165, 1.54) is 37.1 Å². The van der Waals surface area contributed by atoms with E-state index >= 15 is 0 Å². The van der Waals surface area contributed by atoms with Crippen LogP contribution in [0.15, 0.2) is 24.3 Å². The molecule has 2 aliphatic rings. The highest BCUT2D eigenvalue weighted by Crippen LogP contribution is 2.29. The molecule has 21 heavy (non-hydrogen) atoms. The van der Waals surface area contributed by atoms with Gasteiger partial charge < -0.3 is 14.7 Å². The normalized spacial score (nSPS) is 22.0. The van der Waals surface area contributed by atoms with Crippen LogP contribution < -0.4 is 4.90 Å². The highest BCUT2D eigenvalue weighted by Gasteiger charge is 2.28. The average molecular weight is 290 g/mol. The maximum atomic E-state index is 8.75. The summed E-state index contributed by atoms with van der Waals surface area (Å²) in [6.45, 7) is 5.77. The van der Waals surface area contributed by atoms with Gasteiger partial charge in [0.05, 0.1) is 19.8 Å². The quantitative estimate of drug-likeness (QED) is 0.773. The van der Waals surface area contributed by atoms with Crippen molar-refractivity contribution in [1.29, 1.82) is 0 Å². The molecule has 0 spiro atoms. The van der Waals surface area contributed by atoms with Crippen LogP contribution in [0.25, 0.3) is 0 Å². The van der Waals surface area contributed by atoms with Gasteiger partial charge in [-0.1, -0.05) is 18.2 Å². The smallest absolute Gasteiger partial charge is 0.0698 e. The lowest BCUT2D eigenvalue weighted by Gasteiger charge is -2.30. The van der Waals surface area contributed by atoms with Gasteiger partial charge in [-0.3, -0.25) is 4.90 Å². The molecular formula is C17H26N2O2. The average Bonchev–Trinajstić information content (AvgIpc) is 3.12. The zero-order valence-corrected chi connectivity index (χ0v) is 12.7. The molecule has 1 atom stereocenters. The Morgan fingerprint density at radius 3 is 3.00 bits per heavy atom. The van der Waals surface area contributed by atoms with E-state index < -0.39 is 0 Å². The Kier molecular flexibility index (Phi) is 5.12. The number of fused-ring (bicyclic) bond motifs is 1. The molecule has 0 bridgehead atoms. The van der Waals surface area contributed by atoms with Crippen molar-refractivity contribution in [3.8, 4) is 0 Å². The van der Waals surface area contributed by atoms with Crippen LogP contribution in [0.1, 0.15) is 18.4 Å². The Morgan fingerprint density at radius 2 is 2.10 bits per heavy atom. The van der Waals surface area contributed by atoms with Gasteiger partial charge in [0.15, 0.2) is 0 Å². The number of nitrogens with zero attached hydrogens (tertiary/aromatic N) is 2. The van der Waals surface area contributed by atoms with E-state index in [1.807, 2.05) is 0 Å². The number of likely N-dealkylation sites (tertiary alicyclic amines) is 1. The van der Waals surface area contributed by atoms with Crippen LogP contribution in [0.3, 0.4) is 0 Å². The first kappa shape index (κ1) is 14.8. The van der Waals surface area contributed by atoms with E-state index in [1.54, 1.807) is 0 Å². The molecule has 2 heterocycles. The van der Waals surface area contributed by atoms with Crippen LogP contribution in [0.4, 0.5) is 5.69 Å². The van der Waals surface area contributed by atoms with Crippen LogP contribution in [0.2, 0.25) is 0 Å². The van der Waals surface area contributed by atoms with Crippen LogP contribution >= 0.6 is 0 Å². The highest BCUT2D eigenvalue weighted by atomic mass is 16.5. The summed E-state index contributed by atoms with van der Waals surface area (Å²) < 4.78 is 5.41. The zero-order chi connectivity index (χ0) is 14.5. The van der Waals surface area contributed by atoms with Crippen LogP contribution in [-0.4, -0.2) is 62.0 Å². The van der Waals surface area contributed by atoms with Crippen molar-refractivity contribution < 1.29 is 9.84 Å². The summed E-state index contributed by atoms with van der Waals surface area (Å²) in [5, 5.41) is 8.75. The summed E-state index contributed by atoms with van der Waals surface area (Å²) in [4.78, 5) is 5.10. The van der Waals surface area contributed by atoms with E-state index in [9.17, 15) is 0 Å². The SMILES string of the molecule is OCCOCCN1CCC[C@@H]1CN1CCc2ccccc21. The number of rotatable bonds is 7. The van der Waals surface area contributed by atoms with Gasteiger partial charge in [0, 0.05) is 31.4 Å². The Morgan fingerprint density at radius 1 is 1.19 bits per heavy atom. The molecule has 0 radical (unpaired) electrons. The van der Waals surface area contributed by atoms with Crippen molar-refractivity contribution in [3.63, 3.8) is 0 Å². The fraction of sp³-hybridized carbons (Fsp3) is 0.647. The van der Waals surface area contributed by atoms with E-state index in [0.717, 1.165) is 26.2 Å². The van der Waals surface area contributed by atoms with Crippen molar-refractivity contribution in [3.05, 3.63) is 29.8 Å². The van der Waals surface area contributed by atoms with Crippen molar-refractivity contribution in [2.45, 2.75) is 25.3 Å². The molecule has 1 saturated heterocycles. The first-order valence-corrected chi connectivity index (χ1v) is 8.14. The molecule has 1 N–H and O–H groups in total. The first-order chi connectivity index (χ1) is 10.4. The number of hydrogen-bond acceptors (Lipinski definition) is 4. The summed E-state index contributed by atoms with van der Waals surface area (Å²) in [5.41, 5.74) is 2.93. The Bertz CT molecular complexity index is 452. The molecule has 2 aliphatic heterocycles. The molecule has 0 amide bonds. The minimum Gasteiger partial charge on any atom is -0.394 e. The van der Waals surface area contributed by atoms with Gasteiger partial charge in [0.25, 0.3) is 0 Å². The number of hydrogen-bond donors (Lipinski definition) is 1. The lowest BCUT2D eigenvalue weighted by molar-refractivity contribution is 0.0715. The van der Waals surface area contributed by atoms with Gasteiger partial charge in [0.2, 0.25) is 0 Å². The number of anilines is 1. The number of ether oxygens (including phenoxy) is 1. The fourth-order valence-electron chi connectivity index (χ4n) is 3.60. The largest absolute Gasteiger partial charge is 0.394 e. The van der Waals surface area contributed by atoms with Crippen molar-refractivity contribution in [2.24, 2.45) is 0 Å². The number of aliphatic hydroxyl groups is 1. The molecule has 0 aliphatic carbocycles. The predicted octanol–water partition coefficient (Wildman–Crippen LogP) is 1.52. The van der Waals surface area contributed by atoms with E-state index in [4.69, 9.17) is 9.84 Å². The molecule has 4 nitrogen and oxygen atoms in total. The Hall–Kier alpha value is -1.10. The second kappa shape index (κ2) is 7.25. The van der Waals surface area contributed by atoms with Gasteiger partial charge in [-0.2, -0.15) is 0 Å². The molecule has 3 rings (SSSR count). The van der Waals surface area contributed by atoms with Gasteiger partial charge in [-0.05, 0) is 37.4 Å². The summed E-state index contributed by atoms with van der Waals surface area (Å²) in [6.07, 6.45) is 3.77. The molecule has 0 unspecified atom stereocenters. The summed E-state index contributed by atoms with van der Waals surface area (Å²) >= 11 is 0. The summed E-state index contributed by atoms with van der Waals surface area (Å²) in [6, 6.07) is 9.44. The van der Waals surface area contributed by atoms with E-state index in [0.29, 0.717) is 12.6 Å². The van der Waals surface area contributed by atoms with Crippen LogP contribution in [-0.2, 0) is 11.2 Å². The number of aliphatic hydroxyl groups excluding tert-OH is 1. The third kappa shape index (κ3) is 3.57. The highest BCUT2D eigenvalue weighted by molar-refractivity contribution is 5.57.